The van der Waals surface area contributed by atoms with Crippen molar-refractivity contribution in [1.82, 2.24) is 9.80 Å². The Kier molecular flexibility index (Phi) is 5.64. The summed E-state index contributed by atoms with van der Waals surface area (Å²) in [7, 11) is 5.42. The zero-order chi connectivity index (χ0) is 20.4. The molecular formula is C25H32N2O2. The van der Waals surface area contributed by atoms with Crippen molar-refractivity contribution < 1.29 is 9.53 Å². The Morgan fingerprint density at radius 2 is 1.79 bits per heavy atom. The third-order valence-electron chi connectivity index (χ3n) is 6.91. The molecule has 0 unspecified atom stereocenters. The Bertz CT molecular complexity index is 851. The first-order chi connectivity index (χ1) is 14.0. The van der Waals surface area contributed by atoms with E-state index in [4.69, 9.17) is 4.74 Å². The number of nitrogens with zero attached hydrogens (tertiary/aromatic N) is 2. The van der Waals surface area contributed by atoms with E-state index < -0.39 is 0 Å². The molecule has 1 atom stereocenters. The van der Waals surface area contributed by atoms with E-state index in [1.807, 2.05) is 26.2 Å². The van der Waals surface area contributed by atoms with Crippen molar-refractivity contribution in [2.75, 3.05) is 34.3 Å². The van der Waals surface area contributed by atoms with Gasteiger partial charge in [-0.25, -0.2) is 0 Å². The molecule has 0 bridgehead atoms. The van der Waals surface area contributed by atoms with Crippen LogP contribution in [0.4, 0.5) is 0 Å². The molecule has 0 N–H and O–H groups in total. The van der Waals surface area contributed by atoms with Crippen LogP contribution in [0.25, 0.3) is 0 Å². The predicted octanol–water partition coefficient (Wildman–Crippen LogP) is 4.19. The highest BCUT2D eigenvalue weighted by atomic mass is 16.5. The van der Waals surface area contributed by atoms with Gasteiger partial charge >= 0.3 is 0 Å². The number of benzene rings is 2. The molecule has 4 rings (SSSR count). The normalized spacial score (nSPS) is 20.4. The smallest absolute Gasteiger partial charge is 0.222 e. The Balaban J connectivity index is 1.45. The van der Waals surface area contributed by atoms with Crippen molar-refractivity contribution >= 4 is 5.91 Å². The molecule has 1 heterocycles. The number of methoxy groups -OCH3 is 1. The van der Waals surface area contributed by atoms with Gasteiger partial charge in [-0.3, -0.25) is 9.69 Å². The van der Waals surface area contributed by atoms with Gasteiger partial charge in [0.05, 0.1) is 7.11 Å². The molecule has 1 fully saturated rings. The molecule has 2 aliphatic rings. The lowest BCUT2D eigenvalue weighted by molar-refractivity contribution is -0.129. The van der Waals surface area contributed by atoms with Crippen molar-refractivity contribution in [3.63, 3.8) is 0 Å². The van der Waals surface area contributed by atoms with Crippen molar-refractivity contribution in [3.8, 4) is 5.75 Å². The lowest BCUT2D eigenvalue weighted by Gasteiger charge is -2.40. The van der Waals surface area contributed by atoms with Gasteiger partial charge in [-0.2, -0.15) is 0 Å². The number of ether oxygens (including phenoxy) is 1. The molecule has 4 heteroatoms. The Morgan fingerprint density at radius 3 is 2.45 bits per heavy atom. The molecule has 1 saturated heterocycles. The second-order valence-electron chi connectivity index (χ2n) is 8.89. The Labute approximate surface area is 174 Å². The molecule has 2 aromatic rings. The average molecular weight is 393 g/mol. The lowest BCUT2D eigenvalue weighted by atomic mass is 9.73. The van der Waals surface area contributed by atoms with Crippen LogP contribution in [0.1, 0.15) is 48.3 Å². The summed E-state index contributed by atoms with van der Waals surface area (Å²) in [5.74, 6) is 1.50. The standard InChI is InChI=1S/C25H32N2O2/c1-26(2)24(28)16-20-17-25(23-7-5-4-6-22(20)23)12-14-27(15-13-25)18-19-8-10-21(29-3)11-9-19/h4-11,20H,12-18H2,1-3H3/t20-/m0/s1. The maximum atomic E-state index is 12.4. The Morgan fingerprint density at radius 1 is 1.10 bits per heavy atom. The summed E-state index contributed by atoms with van der Waals surface area (Å²) in [6.45, 7) is 3.20. The minimum atomic E-state index is 0.235. The van der Waals surface area contributed by atoms with E-state index in [9.17, 15) is 4.79 Å². The van der Waals surface area contributed by atoms with Gasteiger partial charge in [-0.05, 0) is 72.5 Å². The van der Waals surface area contributed by atoms with Gasteiger partial charge in [0.2, 0.25) is 5.91 Å². The van der Waals surface area contributed by atoms with Crippen LogP contribution < -0.4 is 4.74 Å². The first kappa shape index (κ1) is 20.0. The number of hydrogen-bond donors (Lipinski definition) is 0. The van der Waals surface area contributed by atoms with Gasteiger partial charge in [0.25, 0.3) is 0 Å². The maximum absolute atomic E-state index is 12.4. The van der Waals surface area contributed by atoms with E-state index in [0.29, 0.717) is 12.3 Å². The number of carbonyl (C=O) groups excluding carboxylic acids is 1. The number of hydrogen-bond acceptors (Lipinski definition) is 3. The SMILES string of the molecule is COc1ccc(CN2CCC3(CC2)C[C@H](CC(=O)N(C)C)c2ccccc23)cc1. The number of amides is 1. The predicted molar refractivity (Wildman–Crippen MR) is 116 cm³/mol. The van der Waals surface area contributed by atoms with Crippen LogP contribution in [0, 0.1) is 0 Å². The second-order valence-corrected chi connectivity index (χ2v) is 8.89. The van der Waals surface area contributed by atoms with E-state index in [1.165, 1.54) is 29.5 Å². The van der Waals surface area contributed by atoms with E-state index in [2.05, 4.69) is 41.3 Å². The van der Waals surface area contributed by atoms with Crippen LogP contribution >= 0.6 is 0 Å². The van der Waals surface area contributed by atoms with Crippen molar-refractivity contribution in [2.45, 2.75) is 43.6 Å². The van der Waals surface area contributed by atoms with E-state index in [1.54, 1.807) is 12.0 Å². The van der Waals surface area contributed by atoms with Gasteiger partial charge in [0.1, 0.15) is 5.75 Å². The third-order valence-corrected chi connectivity index (χ3v) is 6.91. The summed E-state index contributed by atoms with van der Waals surface area (Å²) in [6.07, 6.45) is 4.09. The monoisotopic (exact) mass is 392 g/mol. The highest BCUT2D eigenvalue weighted by Gasteiger charge is 2.45. The molecule has 1 spiro atoms. The molecule has 154 valence electrons. The molecular weight excluding hydrogens is 360 g/mol. The zero-order valence-electron chi connectivity index (χ0n) is 17.9. The van der Waals surface area contributed by atoms with Gasteiger partial charge in [-0.15, -0.1) is 0 Å². The molecule has 29 heavy (non-hydrogen) atoms. The zero-order valence-corrected chi connectivity index (χ0v) is 17.9. The third kappa shape index (κ3) is 4.04. The topological polar surface area (TPSA) is 32.8 Å². The largest absolute Gasteiger partial charge is 0.497 e. The van der Waals surface area contributed by atoms with Crippen molar-refractivity contribution in [1.29, 1.82) is 0 Å². The summed E-state index contributed by atoms with van der Waals surface area (Å²) in [6, 6.07) is 17.3. The van der Waals surface area contributed by atoms with Crippen LogP contribution in [0.5, 0.6) is 5.75 Å². The number of carbonyl (C=O) groups is 1. The fourth-order valence-electron chi connectivity index (χ4n) is 5.20. The summed E-state index contributed by atoms with van der Waals surface area (Å²) in [5.41, 5.74) is 4.49. The molecule has 2 aromatic carbocycles. The van der Waals surface area contributed by atoms with Gasteiger partial charge < -0.3 is 9.64 Å². The molecule has 0 saturated carbocycles. The first-order valence-electron chi connectivity index (χ1n) is 10.7. The Hall–Kier alpha value is -2.33. The van der Waals surface area contributed by atoms with Crippen LogP contribution in [0.2, 0.25) is 0 Å². The summed E-state index contributed by atoms with van der Waals surface area (Å²) in [5, 5.41) is 0. The minimum absolute atomic E-state index is 0.235. The van der Waals surface area contributed by atoms with Crippen LogP contribution in [0.15, 0.2) is 48.5 Å². The molecule has 1 amide bonds. The van der Waals surface area contributed by atoms with Gasteiger partial charge in [-0.1, -0.05) is 36.4 Å². The molecule has 4 nitrogen and oxygen atoms in total. The maximum Gasteiger partial charge on any atom is 0.222 e. The van der Waals surface area contributed by atoms with Crippen molar-refractivity contribution in [2.24, 2.45) is 0 Å². The first-order valence-corrected chi connectivity index (χ1v) is 10.7. The van der Waals surface area contributed by atoms with Crippen LogP contribution in [-0.2, 0) is 16.8 Å². The fraction of sp³-hybridized carbons (Fsp3) is 0.480. The van der Waals surface area contributed by atoms with Crippen LogP contribution in [-0.4, -0.2) is 50.0 Å². The number of likely N-dealkylation sites (tertiary alicyclic amines) is 1. The molecule has 0 aromatic heterocycles. The summed E-state index contributed by atoms with van der Waals surface area (Å²) in [4.78, 5) is 16.7. The van der Waals surface area contributed by atoms with E-state index >= 15 is 0 Å². The highest BCUT2D eigenvalue weighted by molar-refractivity contribution is 5.77. The van der Waals surface area contributed by atoms with Crippen LogP contribution in [0.3, 0.4) is 0 Å². The molecule has 1 aliphatic heterocycles. The quantitative estimate of drug-likeness (QED) is 0.765. The van der Waals surface area contributed by atoms with Gasteiger partial charge in [0, 0.05) is 27.1 Å². The highest BCUT2D eigenvalue weighted by Crippen LogP contribution is 2.52. The second kappa shape index (κ2) is 8.19. The average Bonchev–Trinajstić information content (AvgIpc) is 3.04. The van der Waals surface area contributed by atoms with E-state index in [-0.39, 0.29) is 11.3 Å². The van der Waals surface area contributed by atoms with E-state index in [0.717, 1.165) is 31.8 Å². The molecule has 1 aliphatic carbocycles. The van der Waals surface area contributed by atoms with Gasteiger partial charge in [0.15, 0.2) is 0 Å². The lowest BCUT2D eigenvalue weighted by Crippen LogP contribution is -2.41. The number of piperidine rings is 1. The summed E-state index contributed by atoms with van der Waals surface area (Å²) < 4.78 is 5.27. The fourth-order valence-corrected chi connectivity index (χ4v) is 5.20. The minimum Gasteiger partial charge on any atom is -0.497 e. The summed E-state index contributed by atoms with van der Waals surface area (Å²) >= 11 is 0. The molecule has 0 radical (unpaired) electrons. The number of fused-ring (bicyclic) bond motifs is 2. The number of rotatable bonds is 5. The van der Waals surface area contributed by atoms with Crippen molar-refractivity contribution in [3.05, 3.63) is 65.2 Å².